The first-order valence-corrected chi connectivity index (χ1v) is 7.11. The summed E-state index contributed by atoms with van der Waals surface area (Å²) in [6.07, 6.45) is 1.52. The van der Waals surface area contributed by atoms with E-state index in [1.165, 1.54) is 5.56 Å². The SMILES string of the molecule is CCc1ccc2c(c1)nc(C(C)N(C)C)n2CCC#N. The van der Waals surface area contributed by atoms with Crippen LogP contribution in [0.1, 0.15) is 37.7 Å². The van der Waals surface area contributed by atoms with E-state index in [-0.39, 0.29) is 6.04 Å². The van der Waals surface area contributed by atoms with Crippen molar-refractivity contribution in [3.05, 3.63) is 29.6 Å². The van der Waals surface area contributed by atoms with Gasteiger partial charge in [-0.2, -0.15) is 5.26 Å². The third kappa shape index (κ3) is 2.68. The number of benzene rings is 1. The summed E-state index contributed by atoms with van der Waals surface area (Å²) in [5.74, 6) is 1.04. The molecule has 0 amide bonds. The van der Waals surface area contributed by atoms with E-state index < -0.39 is 0 Å². The zero-order valence-corrected chi connectivity index (χ0v) is 12.7. The van der Waals surface area contributed by atoms with Gasteiger partial charge in [-0.1, -0.05) is 13.0 Å². The molecule has 0 aliphatic carbocycles. The van der Waals surface area contributed by atoms with E-state index in [2.05, 4.69) is 61.7 Å². The average molecular weight is 270 g/mol. The van der Waals surface area contributed by atoms with Crippen LogP contribution in [0.5, 0.6) is 0 Å². The van der Waals surface area contributed by atoms with Crippen molar-refractivity contribution in [2.45, 2.75) is 39.3 Å². The zero-order valence-electron chi connectivity index (χ0n) is 12.7. The van der Waals surface area contributed by atoms with Crippen molar-refractivity contribution in [2.75, 3.05) is 14.1 Å². The summed E-state index contributed by atoms with van der Waals surface area (Å²) in [5.41, 5.74) is 3.46. The van der Waals surface area contributed by atoms with Crippen molar-refractivity contribution in [2.24, 2.45) is 0 Å². The van der Waals surface area contributed by atoms with Crippen molar-refractivity contribution in [1.29, 1.82) is 5.26 Å². The molecule has 1 aromatic carbocycles. The van der Waals surface area contributed by atoms with Gasteiger partial charge in [-0.05, 0) is 45.1 Å². The summed E-state index contributed by atoms with van der Waals surface area (Å²) in [6.45, 7) is 4.99. The van der Waals surface area contributed by atoms with Crippen LogP contribution in [0.4, 0.5) is 0 Å². The van der Waals surface area contributed by atoms with Crippen LogP contribution in [0, 0.1) is 11.3 Å². The lowest BCUT2D eigenvalue weighted by atomic mass is 10.1. The molecule has 0 N–H and O–H groups in total. The van der Waals surface area contributed by atoms with E-state index in [9.17, 15) is 0 Å². The van der Waals surface area contributed by atoms with Crippen LogP contribution in [0.2, 0.25) is 0 Å². The number of imidazole rings is 1. The lowest BCUT2D eigenvalue weighted by Gasteiger charge is -2.20. The first kappa shape index (κ1) is 14.5. The maximum absolute atomic E-state index is 8.86. The highest BCUT2D eigenvalue weighted by Gasteiger charge is 2.18. The Morgan fingerprint density at radius 3 is 2.75 bits per heavy atom. The molecular formula is C16H22N4. The molecule has 20 heavy (non-hydrogen) atoms. The normalized spacial score (nSPS) is 12.8. The van der Waals surface area contributed by atoms with Crippen LogP contribution in [0.25, 0.3) is 11.0 Å². The van der Waals surface area contributed by atoms with Gasteiger partial charge in [-0.3, -0.25) is 4.90 Å². The smallest absolute Gasteiger partial charge is 0.127 e. The molecule has 0 aliphatic heterocycles. The van der Waals surface area contributed by atoms with Crippen molar-refractivity contribution in [3.63, 3.8) is 0 Å². The van der Waals surface area contributed by atoms with E-state index in [1.54, 1.807) is 0 Å². The number of aryl methyl sites for hydroxylation is 2. The Hall–Kier alpha value is -1.86. The van der Waals surface area contributed by atoms with Crippen LogP contribution < -0.4 is 0 Å². The lowest BCUT2D eigenvalue weighted by Crippen LogP contribution is -2.21. The number of hydrogen-bond acceptors (Lipinski definition) is 3. The highest BCUT2D eigenvalue weighted by atomic mass is 15.2. The Labute approximate surface area is 120 Å². The minimum atomic E-state index is 0.228. The Balaban J connectivity index is 2.56. The molecule has 2 aromatic rings. The van der Waals surface area contributed by atoms with Crippen molar-refractivity contribution < 1.29 is 0 Å². The van der Waals surface area contributed by atoms with Gasteiger partial charge < -0.3 is 4.57 Å². The summed E-state index contributed by atoms with van der Waals surface area (Å²) in [4.78, 5) is 6.95. The monoisotopic (exact) mass is 270 g/mol. The van der Waals surface area contributed by atoms with Crippen LogP contribution >= 0.6 is 0 Å². The number of aromatic nitrogens is 2. The predicted octanol–water partition coefficient (Wildman–Crippen LogP) is 3.13. The first-order chi connectivity index (χ1) is 9.58. The highest BCUT2D eigenvalue weighted by Crippen LogP contribution is 2.24. The summed E-state index contributed by atoms with van der Waals surface area (Å²) in [6, 6.07) is 8.89. The third-order valence-electron chi connectivity index (χ3n) is 3.85. The van der Waals surface area contributed by atoms with Gasteiger partial charge in [0, 0.05) is 6.54 Å². The number of hydrogen-bond donors (Lipinski definition) is 0. The quantitative estimate of drug-likeness (QED) is 0.838. The number of nitrogens with zero attached hydrogens (tertiary/aromatic N) is 4. The zero-order chi connectivity index (χ0) is 14.7. The van der Waals surface area contributed by atoms with Crippen LogP contribution in [-0.4, -0.2) is 28.5 Å². The summed E-state index contributed by atoms with van der Waals surface area (Å²) >= 11 is 0. The van der Waals surface area contributed by atoms with Crippen LogP contribution in [0.3, 0.4) is 0 Å². The van der Waals surface area contributed by atoms with E-state index >= 15 is 0 Å². The van der Waals surface area contributed by atoms with Crippen molar-refractivity contribution in [3.8, 4) is 6.07 Å². The van der Waals surface area contributed by atoms with Gasteiger partial charge in [-0.15, -0.1) is 0 Å². The second-order valence-electron chi connectivity index (χ2n) is 5.35. The number of fused-ring (bicyclic) bond motifs is 1. The Kier molecular flexibility index (Phi) is 4.41. The summed E-state index contributed by atoms with van der Waals surface area (Å²) < 4.78 is 2.18. The fraction of sp³-hybridized carbons (Fsp3) is 0.500. The van der Waals surface area contributed by atoms with Crippen molar-refractivity contribution >= 4 is 11.0 Å². The molecule has 0 bridgehead atoms. The van der Waals surface area contributed by atoms with Gasteiger partial charge in [0.15, 0.2) is 0 Å². The molecule has 1 unspecified atom stereocenters. The van der Waals surface area contributed by atoms with E-state index in [4.69, 9.17) is 10.2 Å². The van der Waals surface area contributed by atoms with Gasteiger partial charge >= 0.3 is 0 Å². The maximum atomic E-state index is 8.86. The minimum Gasteiger partial charge on any atom is -0.326 e. The van der Waals surface area contributed by atoms with Crippen LogP contribution in [0.15, 0.2) is 18.2 Å². The van der Waals surface area contributed by atoms with Gasteiger partial charge in [0.05, 0.1) is 29.6 Å². The summed E-state index contributed by atoms with van der Waals surface area (Å²) in [5, 5.41) is 8.86. The molecule has 0 radical (unpaired) electrons. The Morgan fingerprint density at radius 1 is 1.40 bits per heavy atom. The average Bonchev–Trinajstić information content (AvgIpc) is 2.81. The third-order valence-corrected chi connectivity index (χ3v) is 3.85. The lowest BCUT2D eigenvalue weighted by molar-refractivity contribution is 0.302. The standard InChI is InChI=1S/C16H22N4/c1-5-13-7-8-15-14(11-13)18-16(12(2)19(3)4)20(15)10-6-9-17/h7-8,11-12H,5-6,10H2,1-4H3. The number of rotatable bonds is 5. The van der Waals surface area contributed by atoms with Gasteiger partial charge in [0.25, 0.3) is 0 Å². The van der Waals surface area contributed by atoms with Gasteiger partial charge in [0.2, 0.25) is 0 Å². The molecule has 4 heteroatoms. The fourth-order valence-corrected chi connectivity index (χ4v) is 2.36. The molecule has 2 rings (SSSR count). The molecule has 1 heterocycles. The van der Waals surface area contributed by atoms with E-state index in [0.717, 1.165) is 23.3 Å². The molecule has 0 saturated heterocycles. The van der Waals surface area contributed by atoms with E-state index in [1.807, 2.05) is 0 Å². The molecule has 1 aromatic heterocycles. The molecule has 106 valence electrons. The van der Waals surface area contributed by atoms with Crippen molar-refractivity contribution in [1.82, 2.24) is 14.5 Å². The Morgan fingerprint density at radius 2 is 2.15 bits per heavy atom. The largest absolute Gasteiger partial charge is 0.326 e. The number of nitriles is 1. The highest BCUT2D eigenvalue weighted by molar-refractivity contribution is 5.77. The molecule has 0 aliphatic rings. The molecule has 4 nitrogen and oxygen atoms in total. The molecule has 0 saturated carbocycles. The molecular weight excluding hydrogens is 248 g/mol. The second-order valence-corrected chi connectivity index (χ2v) is 5.35. The predicted molar refractivity (Wildman–Crippen MR) is 81.4 cm³/mol. The second kappa shape index (κ2) is 6.06. The maximum Gasteiger partial charge on any atom is 0.127 e. The minimum absolute atomic E-state index is 0.228. The fourth-order valence-electron chi connectivity index (χ4n) is 2.36. The van der Waals surface area contributed by atoms with Crippen LogP contribution in [-0.2, 0) is 13.0 Å². The summed E-state index contributed by atoms with van der Waals surface area (Å²) in [7, 11) is 4.10. The Bertz CT molecular complexity index is 634. The topological polar surface area (TPSA) is 44.9 Å². The molecule has 0 spiro atoms. The molecule has 0 fully saturated rings. The molecule has 1 atom stereocenters. The van der Waals surface area contributed by atoms with Gasteiger partial charge in [0.1, 0.15) is 5.82 Å². The van der Waals surface area contributed by atoms with Gasteiger partial charge in [-0.25, -0.2) is 4.98 Å². The van der Waals surface area contributed by atoms with E-state index in [0.29, 0.717) is 13.0 Å². The first-order valence-electron chi connectivity index (χ1n) is 7.11.